The van der Waals surface area contributed by atoms with Gasteiger partial charge in [0.25, 0.3) is 0 Å². The molecule has 0 N–H and O–H groups in total. The standard InChI is InChI=1S/C22H26ClF3N4/c23-19-8-7-17(15-18(19)22(24,25)26)16-9-13-29(14-10-16)11-4-6-21-28-27-20-5-2-1-3-12-30(20)21/h7-9,15H,1-6,10-14H2. The fourth-order valence-electron chi connectivity index (χ4n) is 4.31. The minimum absolute atomic E-state index is 0.254. The quantitative estimate of drug-likeness (QED) is 0.626. The molecule has 1 aromatic carbocycles. The lowest BCUT2D eigenvalue weighted by Crippen LogP contribution is -2.30. The third kappa shape index (κ3) is 4.89. The Bertz CT molecular complexity index is 920. The third-order valence-corrected chi connectivity index (χ3v) is 6.33. The van der Waals surface area contributed by atoms with Crippen LogP contribution in [0, 0.1) is 0 Å². The minimum atomic E-state index is -4.44. The molecule has 2 aliphatic rings. The molecule has 30 heavy (non-hydrogen) atoms. The number of halogens is 4. The number of aromatic nitrogens is 3. The average Bonchev–Trinajstić information content (AvgIpc) is 2.94. The fourth-order valence-corrected chi connectivity index (χ4v) is 4.53. The molecule has 0 unspecified atom stereocenters. The number of nitrogens with zero attached hydrogens (tertiary/aromatic N) is 4. The van der Waals surface area contributed by atoms with Crippen molar-refractivity contribution >= 4 is 17.2 Å². The Labute approximate surface area is 179 Å². The van der Waals surface area contributed by atoms with E-state index in [1.54, 1.807) is 6.07 Å². The molecule has 0 spiro atoms. The van der Waals surface area contributed by atoms with E-state index in [1.807, 2.05) is 6.08 Å². The lowest BCUT2D eigenvalue weighted by atomic mass is 9.97. The highest BCUT2D eigenvalue weighted by molar-refractivity contribution is 6.31. The highest BCUT2D eigenvalue weighted by Gasteiger charge is 2.33. The smallest absolute Gasteiger partial charge is 0.315 e. The number of benzene rings is 1. The molecule has 2 aliphatic heterocycles. The van der Waals surface area contributed by atoms with Crippen LogP contribution in [0.2, 0.25) is 5.02 Å². The predicted molar refractivity (Wildman–Crippen MR) is 111 cm³/mol. The van der Waals surface area contributed by atoms with Gasteiger partial charge in [-0.15, -0.1) is 10.2 Å². The van der Waals surface area contributed by atoms with E-state index < -0.39 is 11.7 Å². The zero-order chi connectivity index (χ0) is 21.1. The van der Waals surface area contributed by atoms with Crippen molar-refractivity contribution in [1.29, 1.82) is 0 Å². The van der Waals surface area contributed by atoms with Crippen LogP contribution < -0.4 is 0 Å². The third-order valence-electron chi connectivity index (χ3n) is 6.00. The number of alkyl halides is 3. The lowest BCUT2D eigenvalue weighted by molar-refractivity contribution is -0.137. The second-order valence-corrected chi connectivity index (χ2v) is 8.48. The molecular formula is C22H26ClF3N4. The summed E-state index contributed by atoms with van der Waals surface area (Å²) in [7, 11) is 0. The molecule has 3 heterocycles. The maximum Gasteiger partial charge on any atom is 0.417 e. The monoisotopic (exact) mass is 438 g/mol. The van der Waals surface area contributed by atoms with Crippen LogP contribution in [0.5, 0.6) is 0 Å². The summed E-state index contributed by atoms with van der Waals surface area (Å²) < 4.78 is 41.6. The molecule has 0 amide bonds. The summed E-state index contributed by atoms with van der Waals surface area (Å²) in [4.78, 5) is 2.34. The topological polar surface area (TPSA) is 34.0 Å². The van der Waals surface area contributed by atoms with Crippen molar-refractivity contribution in [3.8, 4) is 0 Å². The molecule has 8 heteroatoms. The molecule has 0 saturated heterocycles. The summed E-state index contributed by atoms with van der Waals surface area (Å²) in [5.41, 5.74) is 0.797. The van der Waals surface area contributed by atoms with E-state index >= 15 is 0 Å². The molecule has 0 bridgehead atoms. The summed E-state index contributed by atoms with van der Waals surface area (Å²) in [6, 6.07) is 4.19. The first kappa shape index (κ1) is 21.4. The van der Waals surface area contributed by atoms with Crippen molar-refractivity contribution in [2.45, 2.75) is 57.7 Å². The van der Waals surface area contributed by atoms with Crippen molar-refractivity contribution in [3.63, 3.8) is 0 Å². The molecular weight excluding hydrogens is 413 g/mol. The summed E-state index contributed by atoms with van der Waals surface area (Å²) in [5.74, 6) is 2.20. The van der Waals surface area contributed by atoms with Gasteiger partial charge in [0.1, 0.15) is 11.6 Å². The zero-order valence-corrected chi connectivity index (χ0v) is 17.6. The van der Waals surface area contributed by atoms with E-state index in [9.17, 15) is 13.2 Å². The minimum Gasteiger partial charge on any atom is -0.315 e. The van der Waals surface area contributed by atoms with E-state index in [0.717, 1.165) is 69.1 Å². The Kier molecular flexibility index (Phi) is 6.48. The van der Waals surface area contributed by atoms with Gasteiger partial charge in [-0.1, -0.05) is 30.2 Å². The SMILES string of the molecule is FC(F)(F)c1cc(C2=CCN(CCCc3nnc4n3CCCCC4)CC2)ccc1Cl. The van der Waals surface area contributed by atoms with E-state index in [2.05, 4.69) is 19.7 Å². The van der Waals surface area contributed by atoms with Gasteiger partial charge in [-0.05, 0) is 55.5 Å². The zero-order valence-electron chi connectivity index (χ0n) is 16.9. The van der Waals surface area contributed by atoms with Crippen LogP contribution in [-0.2, 0) is 25.6 Å². The first-order valence-electron chi connectivity index (χ1n) is 10.6. The summed E-state index contributed by atoms with van der Waals surface area (Å²) >= 11 is 5.74. The van der Waals surface area contributed by atoms with Gasteiger partial charge in [-0.25, -0.2) is 0 Å². The van der Waals surface area contributed by atoms with Crippen LogP contribution in [0.3, 0.4) is 0 Å². The van der Waals surface area contributed by atoms with Gasteiger partial charge in [-0.2, -0.15) is 13.2 Å². The molecule has 2 aromatic rings. The van der Waals surface area contributed by atoms with Crippen LogP contribution >= 0.6 is 11.6 Å². The number of rotatable bonds is 5. The number of fused-ring (bicyclic) bond motifs is 1. The molecule has 0 radical (unpaired) electrons. The van der Waals surface area contributed by atoms with Gasteiger partial charge in [0, 0.05) is 32.5 Å². The average molecular weight is 439 g/mol. The van der Waals surface area contributed by atoms with Crippen LogP contribution in [0.15, 0.2) is 24.3 Å². The fraction of sp³-hybridized carbons (Fsp3) is 0.545. The normalized spacial score (nSPS) is 18.1. The van der Waals surface area contributed by atoms with Crippen molar-refractivity contribution < 1.29 is 13.2 Å². The molecule has 1 aromatic heterocycles. The molecule has 0 saturated carbocycles. The summed E-state index contributed by atoms with van der Waals surface area (Å²) in [6.45, 7) is 3.56. The first-order valence-corrected chi connectivity index (χ1v) is 11.0. The van der Waals surface area contributed by atoms with Crippen molar-refractivity contribution in [2.75, 3.05) is 19.6 Å². The van der Waals surface area contributed by atoms with E-state index in [0.29, 0.717) is 5.56 Å². The van der Waals surface area contributed by atoms with Crippen molar-refractivity contribution in [1.82, 2.24) is 19.7 Å². The molecule has 162 valence electrons. The number of hydrogen-bond donors (Lipinski definition) is 0. The van der Waals surface area contributed by atoms with Gasteiger partial charge < -0.3 is 4.57 Å². The van der Waals surface area contributed by atoms with Gasteiger partial charge >= 0.3 is 6.18 Å². The first-order chi connectivity index (χ1) is 14.4. The van der Waals surface area contributed by atoms with Crippen LogP contribution in [0.4, 0.5) is 13.2 Å². The van der Waals surface area contributed by atoms with Gasteiger partial charge in [-0.3, -0.25) is 4.90 Å². The van der Waals surface area contributed by atoms with Gasteiger partial charge in [0.2, 0.25) is 0 Å². The van der Waals surface area contributed by atoms with Crippen molar-refractivity contribution in [2.24, 2.45) is 0 Å². The van der Waals surface area contributed by atoms with Crippen LogP contribution in [-0.4, -0.2) is 39.3 Å². The maximum absolute atomic E-state index is 13.1. The molecule has 0 atom stereocenters. The summed E-state index contributed by atoms with van der Waals surface area (Å²) in [6.07, 6.45) is 4.91. The van der Waals surface area contributed by atoms with Gasteiger partial charge in [0.15, 0.2) is 0 Å². The van der Waals surface area contributed by atoms with Crippen molar-refractivity contribution in [3.05, 3.63) is 52.1 Å². The Morgan fingerprint density at radius 3 is 2.67 bits per heavy atom. The molecule has 4 rings (SSSR count). The molecule has 0 fully saturated rings. The van der Waals surface area contributed by atoms with E-state index in [1.165, 1.54) is 31.4 Å². The Morgan fingerprint density at radius 2 is 1.90 bits per heavy atom. The summed E-state index contributed by atoms with van der Waals surface area (Å²) in [5, 5.41) is 8.49. The number of aryl methyl sites for hydroxylation is 2. The second kappa shape index (κ2) is 9.10. The van der Waals surface area contributed by atoms with Gasteiger partial charge in [0.05, 0.1) is 10.6 Å². The molecule has 4 nitrogen and oxygen atoms in total. The Hall–Kier alpha value is -1.86. The molecule has 0 aliphatic carbocycles. The van der Waals surface area contributed by atoms with E-state index in [-0.39, 0.29) is 5.02 Å². The second-order valence-electron chi connectivity index (χ2n) is 8.07. The number of hydrogen-bond acceptors (Lipinski definition) is 3. The lowest BCUT2D eigenvalue weighted by Gasteiger charge is -2.26. The van der Waals surface area contributed by atoms with E-state index in [4.69, 9.17) is 11.6 Å². The Morgan fingerprint density at radius 1 is 1.03 bits per heavy atom. The Balaban J connectivity index is 1.32. The highest BCUT2D eigenvalue weighted by atomic mass is 35.5. The predicted octanol–water partition coefficient (Wildman–Crippen LogP) is 5.40. The van der Waals surface area contributed by atoms with Crippen LogP contribution in [0.25, 0.3) is 5.57 Å². The van der Waals surface area contributed by atoms with Crippen LogP contribution in [0.1, 0.15) is 54.9 Å². The highest BCUT2D eigenvalue weighted by Crippen LogP contribution is 2.37. The largest absolute Gasteiger partial charge is 0.417 e. The maximum atomic E-state index is 13.1.